The van der Waals surface area contributed by atoms with Crippen molar-refractivity contribution in [1.82, 2.24) is 10.2 Å². The van der Waals surface area contributed by atoms with Crippen LogP contribution in [-0.4, -0.2) is 51.2 Å². The first-order chi connectivity index (χ1) is 11.9. The van der Waals surface area contributed by atoms with Gasteiger partial charge in [-0.05, 0) is 55.8 Å². The fourth-order valence-corrected chi connectivity index (χ4v) is 4.93. The minimum atomic E-state index is -3.35. The van der Waals surface area contributed by atoms with Gasteiger partial charge in [0.05, 0.1) is 5.75 Å². The second kappa shape index (κ2) is 8.59. The van der Waals surface area contributed by atoms with E-state index in [1.165, 1.54) is 6.42 Å². The molecular weight excluding hydrogens is 374 g/mol. The molecule has 0 saturated carbocycles. The highest BCUT2D eigenvalue weighted by atomic mass is 35.5. The number of carbonyl (C=O) groups is 1. The molecule has 0 unspecified atom stereocenters. The zero-order chi connectivity index (χ0) is 17.9. The summed E-state index contributed by atoms with van der Waals surface area (Å²) in [5.74, 6) is 0.0605. The quantitative estimate of drug-likeness (QED) is 0.794. The number of carbonyl (C=O) groups excluding carboxylic acids is 1. The van der Waals surface area contributed by atoms with Gasteiger partial charge in [0.15, 0.2) is 0 Å². The summed E-state index contributed by atoms with van der Waals surface area (Å²) in [6, 6.07) is 6.79. The van der Waals surface area contributed by atoms with Crippen LogP contribution in [-0.2, 0) is 10.0 Å². The number of hydrogen-bond acceptors (Lipinski definition) is 4. The van der Waals surface area contributed by atoms with Crippen molar-refractivity contribution in [2.24, 2.45) is 5.41 Å². The molecular formula is C18H28ClN3O3S. The number of nitrogens with zero attached hydrogens (tertiary/aromatic N) is 1. The lowest BCUT2D eigenvalue weighted by Gasteiger charge is -2.39. The van der Waals surface area contributed by atoms with Gasteiger partial charge in [-0.2, -0.15) is 0 Å². The number of sulfonamides is 1. The molecule has 0 radical (unpaired) electrons. The Morgan fingerprint density at radius 1 is 1.27 bits per heavy atom. The number of likely N-dealkylation sites (tertiary alicyclic amines) is 1. The summed E-state index contributed by atoms with van der Waals surface area (Å²) < 4.78 is 26.4. The molecule has 0 atom stereocenters. The van der Waals surface area contributed by atoms with Gasteiger partial charge in [-0.3, -0.25) is 9.52 Å². The van der Waals surface area contributed by atoms with Crippen molar-refractivity contribution in [3.8, 4) is 0 Å². The van der Waals surface area contributed by atoms with Crippen molar-refractivity contribution >= 4 is 34.0 Å². The van der Waals surface area contributed by atoms with E-state index >= 15 is 0 Å². The van der Waals surface area contributed by atoms with Crippen LogP contribution in [0.15, 0.2) is 24.3 Å². The highest BCUT2D eigenvalue weighted by Gasteiger charge is 2.38. The SMILES string of the molecule is CCCS(=O)(=O)Nc1cccc(C(=O)N2CCC3(CCNC3)CC2)c1.Cl. The van der Waals surface area contributed by atoms with Gasteiger partial charge in [-0.1, -0.05) is 13.0 Å². The Hall–Kier alpha value is -1.31. The van der Waals surface area contributed by atoms with Gasteiger partial charge < -0.3 is 10.2 Å². The molecule has 2 heterocycles. The van der Waals surface area contributed by atoms with E-state index in [2.05, 4.69) is 10.0 Å². The van der Waals surface area contributed by atoms with Crippen LogP contribution in [0, 0.1) is 5.41 Å². The summed E-state index contributed by atoms with van der Waals surface area (Å²) in [5.41, 5.74) is 1.36. The van der Waals surface area contributed by atoms with Crippen molar-refractivity contribution < 1.29 is 13.2 Å². The third-order valence-corrected chi connectivity index (χ3v) is 6.79. The zero-order valence-corrected chi connectivity index (χ0v) is 16.8. The number of rotatable bonds is 5. The van der Waals surface area contributed by atoms with Crippen LogP contribution < -0.4 is 10.0 Å². The number of nitrogens with one attached hydrogen (secondary N) is 2. The van der Waals surface area contributed by atoms with Crippen LogP contribution in [0.3, 0.4) is 0 Å². The fraction of sp³-hybridized carbons (Fsp3) is 0.611. The Morgan fingerprint density at radius 3 is 2.62 bits per heavy atom. The molecule has 146 valence electrons. The molecule has 0 aliphatic carbocycles. The van der Waals surface area contributed by atoms with E-state index in [1.807, 2.05) is 11.8 Å². The molecule has 1 amide bonds. The molecule has 2 saturated heterocycles. The molecule has 26 heavy (non-hydrogen) atoms. The maximum atomic E-state index is 12.8. The van der Waals surface area contributed by atoms with Crippen LogP contribution >= 0.6 is 12.4 Å². The molecule has 1 aromatic carbocycles. The Kier molecular flexibility index (Phi) is 6.93. The average molecular weight is 402 g/mol. The molecule has 2 N–H and O–H groups in total. The van der Waals surface area contributed by atoms with Gasteiger partial charge >= 0.3 is 0 Å². The third-order valence-electron chi connectivity index (χ3n) is 5.30. The van der Waals surface area contributed by atoms with Gasteiger partial charge in [-0.25, -0.2) is 8.42 Å². The summed E-state index contributed by atoms with van der Waals surface area (Å²) in [7, 11) is -3.35. The van der Waals surface area contributed by atoms with Crippen molar-refractivity contribution in [2.75, 3.05) is 36.7 Å². The Morgan fingerprint density at radius 2 is 2.00 bits per heavy atom. The molecule has 8 heteroatoms. The van der Waals surface area contributed by atoms with E-state index in [9.17, 15) is 13.2 Å². The van der Waals surface area contributed by atoms with Crippen LogP contribution in [0.25, 0.3) is 0 Å². The van der Waals surface area contributed by atoms with E-state index in [-0.39, 0.29) is 24.1 Å². The van der Waals surface area contributed by atoms with Crippen molar-refractivity contribution in [2.45, 2.75) is 32.6 Å². The lowest BCUT2D eigenvalue weighted by molar-refractivity contribution is 0.0607. The minimum Gasteiger partial charge on any atom is -0.339 e. The largest absolute Gasteiger partial charge is 0.339 e. The lowest BCUT2D eigenvalue weighted by atomic mass is 9.78. The lowest BCUT2D eigenvalue weighted by Crippen LogP contribution is -2.44. The number of benzene rings is 1. The molecule has 2 aliphatic heterocycles. The summed E-state index contributed by atoms with van der Waals surface area (Å²) in [6.07, 6.45) is 3.82. The molecule has 1 aromatic rings. The Labute approximate surface area is 162 Å². The average Bonchev–Trinajstić information content (AvgIpc) is 3.03. The second-order valence-electron chi connectivity index (χ2n) is 7.22. The summed E-state index contributed by atoms with van der Waals surface area (Å²) >= 11 is 0. The second-order valence-corrected chi connectivity index (χ2v) is 9.06. The monoisotopic (exact) mass is 401 g/mol. The van der Waals surface area contributed by atoms with Gasteiger partial charge in [-0.15, -0.1) is 12.4 Å². The Bertz CT molecular complexity index is 723. The molecule has 2 fully saturated rings. The van der Waals surface area contributed by atoms with Gasteiger partial charge in [0.25, 0.3) is 5.91 Å². The highest BCUT2D eigenvalue weighted by molar-refractivity contribution is 7.92. The van der Waals surface area contributed by atoms with E-state index < -0.39 is 10.0 Å². The van der Waals surface area contributed by atoms with E-state index in [1.54, 1.807) is 24.3 Å². The number of anilines is 1. The summed E-state index contributed by atoms with van der Waals surface area (Å²) in [4.78, 5) is 14.7. The minimum absolute atomic E-state index is 0. The molecule has 0 bridgehead atoms. The van der Waals surface area contributed by atoms with E-state index in [0.29, 0.717) is 23.1 Å². The standard InChI is InChI=1S/C18H27N3O3S.ClH/c1-2-12-25(23,24)20-16-5-3-4-15(13-16)17(22)21-10-7-18(8-11-21)6-9-19-14-18;/h3-5,13,19-20H,2,6-12,14H2,1H3;1H. The van der Waals surface area contributed by atoms with Gasteiger partial charge in [0, 0.05) is 30.9 Å². The number of halogens is 1. The third kappa shape index (κ3) is 4.90. The van der Waals surface area contributed by atoms with Crippen LogP contribution in [0.4, 0.5) is 5.69 Å². The fourth-order valence-electron chi connectivity index (χ4n) is 3.80. The molecule has 1 spiro atoms. The number of hydrogen-bond donors (Lipinski definition) is 2. The normalized spacial score (nSPS) is 19.2. The zero-order valence-electron chi connectivity index (χ0n) is 15.2. The van der Waals surface area contributed by atoms with Crippen molar-refractivity contribution in [3.63, 3.8) is 0 Å². The van der Waals surface area contributed by atoms with E-state index in [0.717, 1.165) is 39.0 Å². The maximum absolute atomic E-state index is 12.8. The van der Waals surface area contributed by atoms with Crippen LogP contribution in [0.2, 0.25) is 0 Å². The maximum Gasteiger partial charge on any atom is 0.253 e. The highest BCUT2D eigenvalue weighted by Crippen LogP contribution is 2.37. The van der Waals surface area contributed by atoms with Gasteiger partial charge in [0.1, 0.15) is 0 Å². The molecule has 3 rings (SSSR count). The smallest absolute Gasteiger partial charge is 0.253 e. The van der Waals surface area contributed by atoms with Crippen LogP contribution in [0.1, 0.15) is 43.0 Å². The van der Waals surface area contributed by atoms with Crippen molar-refractivity contribution in [1.29, 1.82) is 0 Å². The van der Waals surface area contributed by atoms with Crippen LogP contribution in [0.5, 0.6) is 0 Å². The van der Waals surface area contributed by atoms with Crippen molar-refractivity contribution in [3.05, 3.63) is 29.8 Å². The number of piperidine rings is 1. The van der Waals surface area contributed by atoms with Gasteiger partial charge in [0.2, 0.25) is 10.0 Å². The topological polar surface area (TPSA) is 78.5 Å². The molecule has 0 aromatic heterocycles. The summed E-state index contributed by atoms with van der Waals surface area (Å²) in [5, 5.41) is 3.43. The van der Waals surface area contributed by atoms with E-state index in [4.69, 9.17) is 0 Å². The summed E-state index contributed by atoms with van der Waals surface area (Å²) in [6.45, 7) is 5.50. The predicted octanol–water partition coefficient (Wildman–Crippen LogP) is 2.48. The molecule has 6 nitrogen and oxygen atoms in total. The first-order valence-corrected chi connectivity index (χ1v) is 10.7. The first-order valence-electron chi connectivity index (χ1n) is 9.04. The molecule has 2 aliphatic rings. The number of amides is 1. The Balaban J connectivity index is 0.00000243. The predicted molar refractivity (Wildman–Crippen MR) is 106 cm³/mol. The first kappa shape index (κ1) is 21.0.